The molecule has 2 aromatic heterocycles. The zero-order valence-corrected chi connectivity index (χ0v) is 13.8. The summed E-state index contributed by atoms with van der Waals surface area (Å²) in [5.41, 5.74) is 1.74. The number of thiophene rings is 1. The Morgan fingerprint density at radius 3 is 2.70 bits per heavy atom. The summed E-state index contributed by atoms with van der Waals surface area (Å²) < 4.78 is 3.34. The number of carbonyl (C=O) groups excluding carboxylic acids is 1. The van der Waals surface area contributed by atoms with Crippen LogP contribution in [0.25, 0.3) is 11.0 Å². The third kappa shape index (κ3) is 3.37. The predicted molar refractivity (Wildman–Crippen MR) is 92.8 cm³/mol. The van der Waals surface area contributed by atoms with Crippen LogP contribution >= 0.6 is 11.3 Å². The van der Waals surface area contributed by atoms with E-state index in [0.717, 1.165) is 17.5 Å². The Bertz CT molecular complexity index is 862. The maximum atomic E-state index is 12.3. The molecule has 0 aliphatic rings. The highest BCUT2D eigenvalue weighted by molar-refractivity contribution is 7.09. The number of para-hydroxylation sites is 2. The van der Waals surface area contributed by atoms with Crippen LogP contribution in [0.5, 0.6) is 0 Å². The van der Waals surface area contributed by atoms with Crippen molar-refractivity contribution in [2.45, 2.75) is 19.4 Å². The number of imidazole rings is 1. The highest BCUT2D eigenvalue weighted by Gasteiger charge is 2.10. The van der Waals surface area contributed by atoms with Crippen molar-refractivity contribution >= 4 is 28.3 Å². The summed E-state index contributed by atoms with van der Waals surface area (Å²) in [5.74, 6) is 0.0201. The van der Waals surface area contributed by atoms with Gasteiger partial charge < -0.3 is 5.32 Å². The van der Waals surface area contributed by atoms with Gasteiger partial charge in [-0.2, -0.15) is 0 Å². The van der Waals surface area contributed by atoms with Crippen molar-refractivity contribution in [3.63, 3.8) is 0 Å². The Labute approximate surface area is 138 Å². The minimum atomic E-state index is -0.0564. The Morgan fingerprint density at radius 2 is 1.96 bits per heavy atom. The van der Waals surface area contributed by atoms with Gasteiger partial charge in [0.1, 0.15) is 0 Å². The van der Waals surface area contributed by atoms with Crippen LogP contribution in [0, 0.1) is 0 Å². The monoisotopic (exact) mass is 329 g/mol. The van der Waals surface area contributed by atoms with Gasteiger partial charge in [0.15, 0.2) is 0 Å². The van der Waals surface area contributed by atoms with E-state index in [2.05, 4.69) is 5.32 Å². The summed E-state index contributed by atoms with van der Waals surface area (Å²) in [4.78, 5) is 25.4. The van der Waals surface area contributed by atoms with Crippen LogP contribution in [-0.2, 0) is 24.8 Å². The van der Waals surface area contributed by atoms with Crippen molar-refractivity contribution in [1.29, 1.82) is 0 Å². The lowest BCUT2D eigenvalue weighted by molar-refractivity contribution is -0.121. The van der Waals surface area contributed by atoms with Crippen LogP contribution in [0.1, 0.15) is 11.3 Å². The van der Waals surface area contributed by atoms with Crippen LogP contribution in [0.4, 0.5) is 0 Å². The minimum absolute atomic E-state index is 0.0201. The van der Waals surface area contributed by atoms with E-state index >= 15 is 0 Å². The first-order valence-electron chi connectivity index (χ1n) is 7.60. The number of aromatic nitrogens is 2. The van der Waals surface area contributed by atoms with Crippen LogP contribution in [-0.4, -0.2) is 21.6 Å². The molecule has 0 radical (unpaired) electrons. The number of benzene rings is 1. The molecule has 6 heteroatoms. The summed E-state index contributed by atoms with van der Waals surface area (Å²) in [6, 6.07) is 11.7. The molecule has 1 amide bonds. The van der Waals surface area contributed by atoms with Gasteiger partial charge in [0.2, 0.25) is 5.91 Å². The predicted octanol–water partition coefficient (Wildman–Crippen LogP) is 2.15. The molecule has 0 bridgehead atoms. The molecule has 0 aliphatic carbocycles. The fourth-order valence-corrected chi connectivity index (χ4v) is 3.38. The van der Waals surface area contributed by atoms with E-state index in [9.17, 15) is 9.59 Å². The van der Waals surface area contributed by atoms with Crippen molar-refractivity contribution < 1.29 is 4.79 Å². The molecule has 23 heavy (non-hydrogen) atoms. The average molecular weight is 329 g/mol. The number of fused-ring (bicyclic) bond motifs is 1. The van der Waals surface area contributed by atoms with Gasteiger partial charge in [0.05, 0.1) is 11.0 Å². The molecule has 1 N–H and O–H groups in total. The maximum absolute atomic E-state index is 12.3. The highest BCUT2D eigenvalue weighted by Crippen LogP contribution is 2.11. The summed E-state index contributed by atoms with van der Waals surface area (Å²) in [6.45, 7) is 0.933. The molecule has 0 unspecified atom stereocenters. The van der Waals surface area contributed by atoms with Gasteiger partial charge in [-0.05, 0) is 30.0 Å². The fraction of sp³-hybridized carbons (Fsp3) is 0.294. The second-order valence-corrected chi connectivity index (χ2v) is 6.44. The van der Waals surface area contributed by atoms with Crippen molar-refractivity contribution in [1.82, 2.24) is 14.5 Å². The minimum Gasteiger partial charge on any atom is -0.354 e. The topological polar surface area (TPSA) is 56.0 Å². The van der Waals surface area contributed by atoms with Crippen molar-refractivity contribution in [2.75, 3.05) is 6.54 Å². The number of hydrogen-bond acceptors (Lipinski definition) is 3. The molecule has 0 fully saturated rings. The summed E-state index contributed by atoms with van der Waals surface area (Å²) in [6.07, 6.45) is 1.24. The third-order valence-electron chi connectivity index (χ3n) is 3.89. The van der Waals surface area contributed by atoms with Crippen LogP contribution in [0.2, 0.25) is 0 Å². The zero-order valence-electron chi connectivity index (χ0n) is 13.0. The van der Waals surface area contributed by atoms with Gasteiger partial charge in [-0.15, -0.1) is 11.3 Å². The average Bonchev–Trinajstić information content (AvgIpc) is 3.16. The molecule has 0 saturated heterocycles. The molecule has 0 aliphatic heterocycles. The molecule has 2 heterocycles. The van der Waals surface area contributed by atoms with E-state index in [4.69, 9.17) is 0 Å². The van der Waals surface area contributed by atoms with Crippen molar-refractivity contribution in [3.05, 3.63) is 57.1 Å². The number of hydrogen-bond donors (Lipinski definition) is 1. The smallest absolute Gasteiger partial charge is 0.328 e. The molecule has 120 valence electrons. The van der Waals surface area contributed by atoms with E-state index < -0.39 is 0 Å². The Hall–Kier alpha value is -2.34. The second-order valence-electron chi connectivity index (χ2n) is 5.41. The Balaban J connectivity index is 1.58. The molecule has 0 atom stereocenters. The zero-order chi connectivity index (χ0) is 16.2. The van der Waals surface area contributed by atoms with Gasteiger partial charge >= 0.3 is 5.69 Å². The number of aryl methyl sites for hydroxylation is 2. The SMILES string of the molecule is Cn1c(=O)n(CCNC(=O)CCc2cccs2)c2ccccc21. The van der Waals surface area contributed by atoms with Gasteiger partial charge in [-0.25, -0.2) is 4.79 Å². The Morgan fingerprint density at radius 1 is 1.17 bits per heavy atom. The van der Waals surface area contributed by atoms with Crippen molar-refractivity contribution in [2.24, 2.45) is 7.05 Å². The second kappa shape index (κ2) is 6.83. The summed E-state index contributed by atoms with van der Waals surface area (Å²) >= 11 is 1.66. The van der Waals surface area contributed by atoms with Gasteiger partial charge in [-0.1, -0.05) is 18.2 Å². The molecular weight excluding hydrogens is 310 g/mol. The van der Waals surface area contributed by atoms with Crippen molar-refractivity contribution in [3.8, 4) is 0 Å². The van der Waals surface area contributed by atoms with Gasteiger partial charge in [-0.3, -0.25) is 13.9 Å². The molecule has 0 spiro atoms. The fourth-order valence-electron chi connectivity index (χ4n) is 2.67. The van der Waals surface area contributed by atoms with Gasteiger partial charge in [0, 0.05) is 31.4 Å². The van der Waals surface area contributed by atoms with Crippen LogP contribution < -0.4 is 11.0 Å². The van der Waals surface area contributed by atoms with Crippen LogP contribution in [0.3, 0.4) is 0 Å². The lowest BCUT2D eigenvalue weighted by Crippen LogP contribution is -2.31. The molecule has 5 nitrogen and oxygen atoms in total. The maximum Gasteiger partial charge on any atom is 0.328 e. The number of amides is 1. The quantitative estimate of drug-likeness (QED) is 0.753. The first-order chi connectivity index (χ1) is 11.2. The molecule has 3 rings (SSSR count). The number of nitrogens with one attached hydrogen (secondary N) is 1. The van der Waals surface area contributed by atoms with E-state index in [0.29, 0.717) is 19.5 Å². The molecule has 3 aromatic rings. The molecule has 1 aromatic carbocycles. The highest BCUT2D eigenvalue weighted by atomic mass is 32.1. The number of nitrogens with zero attached hydrogens (tertiary/aromatic N) is 2. The van der Waals surface area contributed by atoms with E-state index in [-0.39, 0.29) is 11.6 Å². The lowest BCUT2D eigenvalue weighted by atomic mass is 10.2. The van der Waals surface area contributed by atoms with E-state index in [1.54, 1.807) is 27.5 Å². The summed E-state index contributed by atoms with van der Waals surface area (Å²) in [7, 11) is 1.76. The molecular formula is C17H19N3O2S. The standard InChI is InChI=1S/C17H19N3O2S/c1-19-14-6-2-3-7-15(14)20(17(19)22)11-10-18-16(21)9-8-13-5-4-12-23-13/h2-7,12H,8-11H2,1H3,(H,18,21). The number of carbonyl (C=O) groups is 1. The first kappa shape index (κ1) is 15.6. The van der Waals surface area contributed by atoms with E-state index in [1.165, 1.54) is 4.88 Å². The largest absolute Gasteiger partial charge is 0.354 e. The normalized spacial score (nSPS) is 11.0. The lowest BCUT2D eigenvalue weighted by Gasteiger charge is -2.06. The third-order valence-corrected chi connectivity index (χ3v) is 4.82. The number of rotatable bonds is 6. The Kier molecular flexibility index (Phi) is 4.62. The first-order valence-corrected chi connectivity index (χ1v) is 8.48. The molecule has 0 saturated carbocycles. The summed E-state index contributed by atoms with van der Waals surface area (Å²) in [5, 5.41) is 4.91. The van der Waals surface area contributed by atoms with E-state index in [1.807, 2.05) is 41.8 Å². The van der Waals surface area contributed by atoms with Gasteiger partial charge in [0.25, 0.3) is 0 Å². The van der Waals surface area contributed by atoms with Crippen LogP contribution in [0.15, 0.2) is 46.6 Å².